The third kappa shape index (κ3) is 3.02. The molecule has 1 amide bonds. The van der Waals surface area contributed by atoms with Gasteiger partial charge in [-0.25, -0.2) is 0 Å². The Balaban J connectivity index is 1.78. The molecule has 0 aliphatic carbocycles. The molecule has 0 N–H and O–H groups in total. The molecule has 2 aromatic rings. The summed E-state index contributed by atoms with van der Waals surface area (Å²) >= 11 is 0. The van der Waals surface area contributed by atoms with Crippen molar-refractivity contribution in [2.75, 3.05) is 13.7 Å². The van der Waals surface area contributed by atoms with Crippen LogP contribution in [0, 0.1) is 0 Å². The van der Waals surface area contributed by atoms with Crippen LogP contribution >= 0.6 is 0 Å². The molecule has 0 spiro atoms. The highest BCUT2D eigenvalue weighted by Crippen LogP contribution is 2.32. The Kier molecular flexibility index (Phi) is 4.49. The molecule has 1 aromatic carbocycles. The first kappa shape index (κ1) is 14.7. The van der Waals surface area contributed by atoms with Crippen molar-refractivity contribution in [1.29, 1.82) is 0 Å². The fraction of sp³-hybridized carbons (Fsp3) is 0.333. The van der Waals surface area contributed by atoms with E-state index in [4.69, 9.17) is 4.74 Å². The zero-order chi connectivity index (χ0) is 15.4. The standard InChI is InChI=1S/C18H20N2O2/c1-22-13-14-4-6-16(7-5-14)18(21)20-12-2-3-17(20)15-8-10-19-11-9-15/h4-11,17H,2-3,12-13H2,1H3/t17-/m0/s1. The van der Waals surface area contributed by atoms with Crippen LogP contribution in [0.15, 0.2) is 48.8 Å². The van der Waals surface area contributed by atoms with Gasteiger partial charge in [0.15, 0.2) is 0 Å². The number of aromatic nitrogens is 1. The second-order valence-corrected chi connectivity index (χ2v) is 5.57. The molecule has 1 fully saturated rings. The van der Waals surface area contributed by atoms with Gasteiger partial charge in [-0.15, -0.1) is 0 Å². The van der Waals surface area contributed by atoms with Crippen LogP contribution in [0.4, 0.5) is 0 Å². The minimum absolute atomic E-state index is 0.100. The summed E-state index contributed by atoms with van der Waals surface area (Å²) in [6.45, 7) is 1.38. The summed E-state index contributed by atoms with van der Waals surface area (Å²) in [6.07, 6.45) is 5.63. The van der Waals surface area contributed by atoms with E-state index in [-0.39, 0.29) is 11.9 Å². The number of carbonyl (C=O) groups is 1. The van der Waals surface area contributed by atoms with Gasteiger partial charge in [-0.2, -0.15) is 0 Å². The second-order valence-electron chi connectivity index (χ2n) is 5.57. The van der Waals surface area contributed by atoms with E-state index in [9.17, 15) is 4.79 Å². The highest BCUT2D eigenvalue weighted by atomic mass is 16.5. The number of benzene rings is 1. The Labute approximate surface area is 130 Å². The van der Waals surface area contributed by atoms with Crippen LogP contribution in [0.1, 0.15) is 40.4 Å². The van der Waals surface area contributed by atoms with Gasteiger partial charge in [0.2, 0.25) is 0 Å². The summed E-state index contributed by atoms with van der Waals surface area (Å²) in [7, 11) is 1.67. The number of carbonyl (C=O) groups excluding carboxylic acids is 1. The summed E-state index contributed by atoms with van der Waals surface area (Å²) in [5.74, 6) is 0.100. The molecule has 114 valence electrons. The monoisotopic (exact) mass is 296 g/mol. The molecule has 0 saturated carbocycles. The SMILES string of the molecule is COCc1ccc(C(=O)N2CCC[C@H]2c2ccncc2)cc1. The fourth-order valence-electron chi connectivity index (χ4n) is 3.02. The average molecular weight is 296 g/mol. The fourth-order valence-corrected chi connectivity index (χ4v) is 3.02. The van der Waals surface area contributed by atoms with Crippen LogP contribution in [0.25, 0.3) is 0 Å². The highest BCUT2D eigenvalue weighted by Gasteiger charge is 2.30. The van der Waals surface area contributed by atoms with E-state index < -0.39 is 0 Å². The summed E-state index contributed by atoms with van der Waals surface area (Å²) in [5, 5.41) is 0. The smallest absolute Gasteiger partial charge is 0.254 e. The lowest BCUT2D eigenvalue weighted by molar-refractivity contribution is 0.0735. The molecule has 1 aromatic heterocycles. The molecule has 3 rings (SSSR count). The lowest BCUT2D eigenvalue weighted by atomic mass is 10.1. The number of amides is 1. The van der Waals surface area contributed by atoms with E-state index >= 15 is 0 Å². The quantitative estimate of drug-likeness (QED) is 0.870. The number of hydrogen-bond acceptors (Lipinski definition) is 3. The topological polar surface area (TPSA) is 42.4 Å². The molecule has 1 saturated heterocycles. The summed E-state index contributed by atoms with van der Waals surface area (Å²) in [4.78, 5) is 18.8. The van der Waals surface area contributed by atoms with Crippen molar-refractivity contribution in [2.24, 2.45) is 0 Å². The van der Waals surface area contributed by atoms with Gasteiger partial charge in [0.25, 0.3) is 5.91 Å². The number of rotatable bonds is 4. The zero-order valence-corrected chi connectivity index (χ0v) is 12.7. The molecule has 1 aliphatic rings. The van der Waals surface area contributed by atoms with Crippen LogP contribution in [-0.2, 0) is 11.3 Å². The zero-order valence-electron chi connectivity index (χ0n) is 12.7. The van der Waals surface area contributed by atoms with E-state index in [1.54, 1.807) is 19.5 Å². The first-order valence-corrected chi connectivity index (χ1v) is 7.58. The largest absolute Gasteiger partial charge is 0.380 e. The summed E-state index contributed by atoms with van der Waals surface area (Å²) in [5.41, 5.74) is 2.98. The molecule has 0 bridgehead atoms. The molecular formula is C18H20N2O2. The Hall–Kier alpha value is -2.20. The van der Waals surface area contributed by atoms with Crippen LogP contribution in [0.3, 0.4) is 0 Å². The van der Waals surface area contributed by atoms with Crippen molar-refractivity contribution >= 4 is 5.91 Å². The Morgan fingerprint density at radius 2 is 1.95 bits per heavy atom. The van der Waals surface area contributed by atoms with Crippen LogP contribution in [0.5, 0.6) is 0 Å². The number of hydrogen-bond donors (Lipinski definition) is 0. The summed E-state index contributed by atoms with van der Waals surface area (Å²) in [6, 6.07) is 11.8. The van der Waals surface area contributed by atoms with Gasteiger partial charge in [0.1, 0.15) is 0 Å². The molecule has 22 heavy (non-hydrogen) atoms. The second kappa shape index (κ2) is 6.71. The summed E-state index contributed by atoms with van der Waals surface area (Å²) < 4.78 is 5.10. The molecule has 0 radical (unpaired) electrons. The van der Waals surface area contributed by atoms with Gasteiger partial charge < -0.3 is 9.64 Å². The maximum Gasteiger partial charge on any atom is 0.254 e. The van der Waals surface area contributed by atoms with Gasteiger partial charge in [0.05, 0.1) is 12.6 Å². The Morgan fingerprint density at radius 1 is 1.23 bits per heavy atom. The molecular weight excluding hydrogens is 276 g/mol. The van der Waals surface area contributed by atoms with Gasteiger partial charge in [-0.05, 0) is 48.2 Å². The number of pyridine rings is 1. The Morgan fingerprint density at radius 3 is 2.64 bits per heavy atom. The van der Waals surface area contributed by atoms with Crippen LogP contribution < -0.4 is 0 Å². The lowest BCUT2D eigenvalue weighted by Crippen LogP contribution is -2.30. The van der Waals surface area contributed by atoms with E-state index in [0.29, 0.717) is 6.61 Å². The van der Waals surface area contributed by atoms with Crippen molar-refractivity contribution in [3.8, 4) is 0 Å². The minimum Gasteiger partial charge on any atom is -0.380 e. The van der Waals surface area contributed by atoms with Crippen molar-refractivity contribution in [1.82, 2.24) is 9.88 Å². The maximum absolute atomic E-state index is 12.8. The van der Waals surface area contributed by atoms with Gasteiger partial charge in [-0.3, -0.25) is 9.78 Å². The predicted molar refractivity (Wildman–Crippen MR) is 84.4 cm³/mol. The minimum atomic E-state index is 0.100. The van der Waals surface area contributed by atoms with E-state index in [2.05, 4.69) is 4.98 Å². The van der Waals surface area contributed by atoms with E-state index in [1.807, 2.05) is 41.3 Å². The van der Waals surface area contributed by atoms with Crippen molar-refractivity contribution in [2.45, 2.75) is 25.5 Å². The van der Waals surface area contributed by atoms with Gasteiger partial charge in [-0.1, -0.05) is 12.1 Å². The van der Waals surface area contributed by atoms with Crippen LogP contribution in [-0.4, -0.2) is 29.4 Å². The number of methoxy groups -OCH3 is 1. The van der Waals surface area contributed by atoms with E-state index in [0.717, 1.165) is 36.1 Å². The van der Waals surface area contributed by atoms with Crippen molar-refractivity contribution in [3.05, 3.63) is 65.5 Å². The van der Waals surface area contributed by atoms with Gasteiger partial charge >= 0.3 is 0 Å². The average Bonchev–Trinajstić information content (AvgIpc) is 3.06. The first-order valence-electron chi connectivity index (χ1n) is 7.58. The molecule has 4 nitrogen and oxygen atoms in total. The van der Waals surface area contributed by atoms with Crippen LogP contribution in [0.2, 0.25) is 0 Å². The number of nitrogens with zero attached hydrogens (tertiary/aromatic N) is 2. The molecule has 0 unspecified atom stereocenters. The third-order valence-electron chi connectivity index (χ3n) is 4.12. The lowest BCUT2D eigenvalue weighted by Gasteiger charge is -2.25. The number of likely N-dealkylation sites (tertiary alicyclic amines) is 1. The van der Waals surface area contributed by atoms with Crippen molar-refractivity contribution < 1.29 is 9.53 Å². The normalized spacial score (nSPS) is 17.7. The molecule has 1 aliphatic heterocycles. The van der Waals surface area contributed by atoms with E-state index in [1.165, 1.54) is 0 Å². The molecule has 2 heterocycles. The maximum atomic E-state index is 12.8. The highest BCUT2D eigenvalue weighted by molar-refractivity contribution is 5.94. The van der Waals surface area contributed by atoms with Crippen molar-refractivity contribution in [3.63, 3.8) is 0 Å². The van der Waals surface area contributed by atoms with Gasteiger partial charge in [0, 0.05) is 31.6 Å². The predicted octanol–water partition coefficient (Wildman–Crippen LogP) is 3.21. The third-order valence-corrected chi connectivity index (χ3v) is 4.12. The Bertz CT molecular complexity index is 625. The number of ether oxygens (including phenoxy) is 1. The molecule has 1 atom stereocenters. The molecule has 4 heteroatoms. The first-order chi connectivity index (χ1) is 10.8.